The van der Waals surface area contributed by atoms with Crippen molar-refractivity contribution in [2.75, 3.05) is 11.6 Å². The van der Waals surface area contributed by atoms with Crippen molar-refractivity contribution >= 4 is 21.6 Å². The summed E-state index contributed by atoms with van der Waals surface area (Å²) in [6.07, 6.45) is 1.52. The predicted octanol–water partition coefficient (Wildman–Crippen LogP) is 0.0343. The summed E-state index contributed by atoms with van der Waals surface area (Å²) in [7, 11) is -1.59. The molecule has 1 atom stereocenters. The number of rotatable bonds is 5. The number of aromatic nitrogens is 3. The molecule has 6 nitrogen and oxygen atoms in total. The van der Waals surface area contributed by atoms with Gasteiger partial charge >= 0.3 is 0 Å². The molecule has 1 heterocycles. The molecule has 0 saturated heterocycles. The summed E-state index contributed by atoms with van der Waals surface area (Å²) in [6, 6.07) is -0.411. The molecule has 0 amide bonds. The van der Waals surface area contributed by atoms with Crippen LogP contribution in [0.1, 0.15) is 18.8 Å². The lowest BCUT2D eigenvalue weighted by Gasteiger charge is -2.12. The molecule has 1 aromatic rings. The fourth-order valence-electron chi connectivity index (χ4n) is 1.17. The number of nitrogens with one attached hydrogen (secondary N) is 1. The van der Waals surface area contributed by atoms with Gasteiger partial charge in [-0.25, -0.2) is 13.1 Å². The lowest BCUT2D eigenvalue weighted by atomic mass is 10.3. The Hall–Kier alpha value is -0.660. The van der Waals surface area contributed by atoms with E-state index in [-0.39, 0.29) is 11.6 Å². The van der Waals surface area contributed by atoms with E-state index in [9.17, 15) is 8.42 Å². The second-order valence-electron chi connectivity index (χ2n) is 3.15. The molecule has 8 heteroatoms. The van der Waals surface area contributed by atoms with E-state index >= 15 is 0 Å². The van der Waals surface area contributed by atoms with Crippen LogP contribution in [-0.2, 0) is 17.1 Å². The summed E-state index contributed by atoms with van der Waals surface area (Å²) >= 11 is 5.37. The summed E-state index contributed by atoms with van der Waals surface area (Å²) < 4.78 is 26.9. The fraction of sp³-hybridized carbons (Fsp3) is 0.714. The Labute approximate surface area is 93.7 Å². The van der Waals surface area contributed by atoms with Crippen molar-refractivity contribution < 1.29 is 8.42 Å². The molecule has 1 unspecified atom stereocenters. The van der Waals surface area contributed by atoms with E-state index in [1.807, 2.05) is 0 Å². The van der Waals surface area contributed by atoms with Crippen LogP contribution in [0.2, 0.25) is 0 Å². The van der Waals surface area contributed by atoms with E-state index in [2.05, 4.69) is 14.9 Å². The van der Waals surface area contributed by atoms with Crippen molar-refractivity contribution in [1.29, 1.82) is 0 Å². The average molecular weight is 253 g/mol. The van der Waals surface area contributed by atoms with Gasteiger partial charge in [0.1, 0.15) is 12.2 Å². The minimum Gasteiger partial charge on any atom is -0.319 e. The standard InChI is InChI=1S/C7H13ClN4O2S/c1-6(7-10-9-5-12(7)2)11-15(13,14)4-3-8/h5-6,11H,3-4H2,1-2H3. The third kappa shape index (κ3) is 3.44. The normalized spacial score (nSPS) is 14.1. The molecule has 0 fully saturated rings. The molecule has 0 aromatic carbocycles. The van der Waals surface area contributed by atoms with Gasteiger partial charge in [-0.15, -0.1) is 21.8 Å². The third-order valence-corrected chi connectivity index (χ3v) is 3.70. The Bertz CT molecular complexity index is 416. The average Bonchev–Trinajstić information content (AvgIpc) is 2.50. The zero-order valence-corrected chi connectivity index (χ0v) is 10.1. The van der Waals surface area contributed by atoms with E-state index in [0.29, 0.717) is 5.82 Å². The summed E-state index contributed by atoms with van der Waals surface area (Å²) in [5.41, 5.74) is 0. The van der Waals surface area contributed by atoms with E-state index in [1.165, 1.54) is 6.33 Å². The Morgan fingerprint density at radius 1 is 1.67 bits per heavy atom. The first-order valence-electron chi connectivity index (χ1n) is 4.36. The monoisotopic (exact) mass is 252 g/mol. The van der Waals surface area contributed by atoms with Gasteiger partial charge in [0.2, 0.25) is 10.0 Å². The van der Waals surface area contributed by atoms with Crippen LogP contribution in [0, 0.1) is 0 Å². The molecule has 1 aromatic heterocycles. The molecular weight excluding hydrogens is 240 g/mol. The molecule has 1 rings (SSSR count). The van der Waals surface area contributed by atoms with Gasteiger partial charge in [-0.3, -0.25) is 0 Å². The number of aryl methyl sites for hydroxylation is 1. The summed E-state index contributed by atoms with van der Waals surface area (Å²) in [5, 5.41) is 7.48. The van der Waals surface area contributed by atoms with Crippen LogP contribution < -0.4 is 4.72 Å². The molecule has 15 heavy (non-hydrogen) atoms. The first kappa shape index (κ1) is 12.4. The van der Waals surface area contributed by atoms with Crippen LogP contribution in [0.15, 0.2) is 6.33 Å². The number of sulfonamides is 1. The van der Waals surface area contributed by atoms with E-state index < -0.39 is 16.1 Å². The topological polar surface area (TPSA) is 76.9 Å². The van der Waals surface area contributed by atoms with E-state index in [0.717, 1.165) is 0 Å². The zero-order valence-electron chi connectivity index (χ0n) is 8.51. The van der Waals surface area contributed by atoms with Crippen molar-refractivity contribution in [3.63, 3.8) is 0 Å². The largest absolute Gasteiger partial charge is 0.319 e. The first-order chi connectivity index (χ1) is 6.96. The Morgan fingerprint density at radius 2 is 2.33 bits per heavy atom. The number of nitrogens with zero attached hydrogens (tertiary/aromatic N) is 3. The van der Waals surface area contributed by atoms with Crippen molar-refractivity contribution in [2.45, 2.75) is 13.0 Å². The zero-order chi connectivity index (χ0) is 11.5. The van der Waals surface area contributed by atoms with Crippen LogP contribution in [-0.4, -0.2) is 34.8 Å². The first-order valence-corrected chi connectivity index (χ1v) is 6.55. The van der Waals surface area contributed by atoms with E-state index in [1.54, 1.807) is 18.5 Å². The molecule has 0 aliphatic heterocycles. The highest BCUT2D eigenvalue weighted by Gasteiger charge is 2.18. The lowest BCUT2D eigenvalue weighted by molar-refractivity contribution is 0.554. The predicted molar refractivity (Wildman–Crippen MR) is 57.1 cm³/mol. The molecule has 1 N–H and O–H groups in total. The van der Waals surface area contributed by atoms with Crippen LogP contribution in [0.4, 0.5) is 0 Å². The molecule has 0 aliphatic carbocycles. The fourth-order valence-corrected chi connectivity index (χ4v) is 2.74. The second-order valence-corrected chi connectivity index (χ2v) is 5.40. The molecule has 0 bridgehead atoms. The molecule has 0 radical (unpaired) electrons. The summed E-state index contributed by atoms with van der Waals surface area (Å²) in [6.45, 7) is 1.70. The van der Waals surface area contributed by atoms with Crippen molar-refractivity contribution in [2.24, 2.45) is 7.05 Å². The van der Waals surface area contributed by atoms with Gasteiger partial charge in [0, 0.05) is 12.9 Å². The minimum absolute atomic E-state index is 0.0703. The number of hydrogen-bond donors (Lipinski definition) is 1. The van der Waals surface area contributed by atoms with Crippen LogP contribution in [0.5, 0.6) is 0 Å². The summed E-state index contributed by atoms with van der Waals surface area (Å²) in [5.74, 6) is 0.533. The Morgan fingerprint density at radius 3 is 2.80 bits per heavy atom. The Balaban J connectivity index is 2.72. The van der Waals surface area contributed by atoms with Gasteiger partial charge in [0.15, 0.2) is 0 Å². The SMILES string of the molecule is CC(NS(=O)(=O)CCCl)c1nncn1C. The van der Waals surface area contributed by atoms with Gasteiger partial charge in [0.05, 0.1) is 11.8 Å². The van der Waals surface area contributed by atoms with Crippen LogP contribution >= 0.6 is 11.6 Å². The number of halogens is 1. The van der Waals surface area contributed by atoms with Crippen molar-refractivity contribution in [1.82, 2.24) is 19.5 Å². The quantitative estimate of drug-likeness (QED) is 0.751. The van der Waals surface area contributed by atoms with Gasteiger partial charge < -0.3 is 4.57 Å². The molecule has 0 spiro atoms. The maximum absolute atomic E-state index is 11.4. The highest BCUT2D eigenvalue weighted by molar-refractivity contribution is 7.89. The summed E-state index contributed by atoms with van der Waals surface area (Å²) in [4.78, 5) is 0. The highest BCUT2D eigenvalue weighted by atomic mass is 35.5. The van der Waals surface area contributed by atoms with Gasteiger partial charge in [-0.05, 0) is 6.92 Å². The van der Waals surface area contributed by atoms with Gasteiger partial charge in [-0.1, -0.05) is 0 Å². The molecule has 86 valence electrons. The smallest absolute Gasteiger partial charge is 0.213 e. The maximum atomic E-state index is 11.4. The van der Waals surface area contributed by atoms with Gasteiger partial charge in [-0.2, -0.15) is 0 Å². The third-order valence-electron chi connectivity index (χ3n) is 1.84. The highest BCUT2D eigenvalue weighted by Crippen LogP contribution is 2.08. The number of alkyl halides is 1. The van der Waals surface area contributed by atoms with Crippen molar-refractivity contribution in [3.8, 4) is 0 Å². The minimum atomic E-state index is -3.34. The van der Waals surface area contributed by atoms with Crippen molar-refractivity contribution in [3.05, 3.63) is 12.2 Å². The Kier molecular flexibility index (Phi) is 4.06. The van der Waals surface area contributed by atoms with E-state index in [4.69, 9.17) is 11.6 Å². The molecule has 0 saturated carbocycles. The van der Waals surface area contributed by atoms with Crippen LogP contribution in [0.25, 0.3) is 0 Å². The molecule has 0 aliphatic rings. The van der Waals surface area contributed by atoms with Crippen LogP contribution in [0.3, 0.4) is 0 Å². The second kappa shape index (κ2) is 4.91. The number of hydrogen-bond acceptors (Lipinski definition) is 4. The molecular formula is C7H13ClN4O2S. The van der Waals surface area contributed by atoms with Gasteiger partial charge in [0.25, 0.3) is 0 Å². The lowest BCUT2D eigenvalue weighted by Crippen LogP contribution is -2.31. The maximum Gasteiger partial charge on any atom is 0.213 e.